The van der Waals surface area contributed by atoms with Crippen molar-refractivity contribution in [3.63, 3.8) is 0 Å². The molecular formula is C15H14BrFN6O5S2. The number of rotatable bonds is 5. The molecule has 1 aliphatic heterocycles. The number of nitrogens with two attached hydrogens (primary N) is 1. The molecule has 30 heavy (non-hydrogen) atoms. The fourth-order valence-electron chi connectivity index (χ4n) is 3.01. The third-order valence-corrected chi connectivity index (χ3v) is 7.46. The molecule has 0 saturated carbocycles. The van der Waals surface area contributed by atoms with E-state index < -0.39 is 21.8 Å². The van der Waals surface area contributed by atoms with Gasteiger partial charge in [-0.25, -0.2) is 23.5 Å². The maximum absolute atomic E-state index is 13.6. The Morgan fingerprint density at radius 1 is 1.23 bits per heavy atom. The van der Waals surface area contributed by atoms with Crippen LogP contribution >= 0.6 is 27.7 Å². The van der Waals surface area contributed by atoms with E-state index in [4.69, 9.17) is 14.3 Å². The first kappa shape index (κ1) is 21.2. The zero-order valence-electron chi connectivity index (χ0n) is 15.1. The third-order valence-electron chi connectivity index (χ3n) is 4.48. The van der Waals surface area contributed by atoms with E-state index in [2.05, 4.69) is 31.4 Å². The second-order valence-electron chi connectivity index (χ2n) is 6.39. The van der Waals surface area contributed by atoms with E-state index in [1.54, 1.807) is 0 Å². The first-order chi connectivity index (χ1) is 14.2. The summed E-state index contributed by atoms with van der Waals surface area (Å²) in [5.41, 5.74) is 0.491. The minimum Gasteiger partial charge on any atom is -0.295 e. The van der Waals surface area contributed by atoms with Crippen LogP contribution in [0.1, 0.15) is 12.8 Å². The van der Waals surface area contributed by atoms with Crippen LogP contribution in [0.25, 0.3) is 17.2 Å². The molecule has 2 aromatic heterocycles. The lowest BCUT2D eigenvalue weighted by molar-refractivity contribution is 0.299. The normalized spacial score (nSPS) is 16.2. The summed E-state index contributed by atoms with van der Waals surface area (Å²) in [5, 5.41) is 17.1. The zero-order chi connectivity index (χ0) is 21.5. The van der Waals surface area contributed by atoms with Gasteiger partial charge in [-0.15, -0.1) is 0 Å². The lowest BCUT2D eigenvalue weighted by Crippen LogP contribution is -2.42. The number of piperidine rings is 1. The Morgan fingerprint density at radius 2 is 1.97 bits per heavy atom. The molecule has 15 heteroatoms. The van der Waals surface area contributed by atoms with Crippen LogP contribution in [0, 0.1) is 5.82 Å². The van der Waals surface area contributed by atoms with Gasteiger partial charge in [0.1, 0.15) is 5.82 Å². The highest BCUT2D eigenvalue weighted by Gasteiger charge is 2.29. The van der Waals surface area contributed by atoms with Crippen LogP contribution in [-0.2, 0) is 10.2 Å². The second-order valence-corrected chi connectivity index (χ2v) is 10.1. The summed E-state index contributed by atoms with van der Waals surface area (Å²) in [6.45, 7) is 0.574. The average Bonchev–Trinajstić information content (AvgIpc) is 3.30. The van der Waals surface area contributed by atoms with Crippen LogP contribution in [0.4, 0.5) is 4.39 Å². The molecule has 2 N–H and O–H groups in total. The molecule has 0 radical (unpaired) electrons. The maximum atomic E-state index is 13.6. The van der Waals surface area contributed by atoms with Crippen molar-refractivity contribution in [2.45, 2.75) is 23.1 Å². The molecule has 0 amide bonds. The lowest BCUT2D eigenvalue weighted by atomic mass is 10.2. The molecule has 3 aromatic rings. The van der Waals surface area contributed by atoms with Gasteiger partial charge in [0, 0.05) is 18.3 Å². The van der Waals surface area contributed by atoms with E-state index in [1.807, 2.05) is 0 Å². The Labute approximate surface area is 181 Å². The Balaban J connectivity index is 1.60. The molecule has 3 heterocycles. The van der Waals surface area contributed by atoms with Gasteiger partial charge in [0.2, 0.25) is 5.82 Å². The van der Waals surface area contributed by atoms with Crippen LogP contribution in [-0.4, -0.2) is 51.1 Å². The van der Waals surface area contributed by atoms with Gasteiger partial charge in [-0.3, -0.25) is 4.52 Å². The predicted octanol–water partition coefficient (Wildman–Crippen LogP) is 1.54. The van der Waals surface area contributed by atoms with Gasteiger partial charge in [0.15, 0.2) is 10.7 Å². The van der Waals surface area contributed by atoms with E-state index in [9.17, 15) is 17.6 Å². The maximum Gasteiger partial charge on any atom is 0.446 e. The molecule has 1 aliphatic rings. The molecule has 4 rings (SSSR count). The van der Waals surface area contributed by atoms with Gasteiger partial charge in [0.05, 0.1) is 10.2 Å². The first-order valence-electron chi connectivity index (χ1n) is 8.55. The molecule has 160 valence electrons. The van der Waals surface area contributed by atoms with Crippen LogP contribution in [0.3, 0.4) is 0 Å². The predicted molar refractivity (Wildman–Crippen MR) is 107 cm³/mol. The summed E-state index contributed by atoms with van der Waals surface area (Å²) in [7, 11) is -3.72. The Bertz CT molecular complexity index is 1230. The van der Waals surface area contributed by atoms with Crippen molar-refractivity contribution in [2.75, 3.05) is 13.1 Å². The Kier molecular flexibility index (Phi) is 5.80. The summed E-state index contributed by atoms with van der Waals surface area (Å²) in [5.74, 6) is -1.23. The molecule has 0 unspecified atom stereocenters. The SMILES string of the molecule is NS(=O)(=O)N1CCC(Sc2nonc2-c2noc(=O)n2-c2ccc(F)c(Br)c2)CC1. The van der Waals surface area contributed by atoms with Crippen molar-refractivity contribution in [1.82, 2.24) is 24.3 Å². The second kappa shape index (κ2) is 8.22. The Hall–Kier alpha value is -2.07. The van der Waals surface area contributed by atoms with Gasteiger partial charge in [0.25, 0.3) is 10.2 Å². The van der Waals surface area contributed by atoms with Crippen molar-refractivity contribution < 1.29 is 22.0 Å². The van der Waals surface area contributed by atoms with E-state index in [0.717, 1.165) is 4.57 Å². The number of hydrogen-bond donors (Lipinski definition) is 1. The average molecular weight is 521 g/mol. The summed E-state index contributed by atoms with van der Waals surface area (Å²) in [6, 6.07) is 3.99. The number of thioether (sulfide) groups is 1. The van der Waals surface area contributed by atoms with Gasteiger partial charge in [-0.1, -0.05) is 16.9 Å². The summed E-state index contributed by atoms with van der Waals surface area (Å²) in [4.78, 5) is 12.2. The van der Waals surface area contributed by atoms with Gasteiger partial charge < -0.3 is 0 Å². The first-order valence-corrected chi connectivity index (χ1v) is 11.7. The van der Waals surface area contributed by atoms with E-state index in [1.165, 1.54) is 34.3 Å². The van der Waals surface area contributed by atoms with Gasteiger partial charge in [-0.2, -0.15) is 12.7 Å². The number of halogens is 2. The number of hydrogen-bond acceptors (Lipinski definition) is 9. The van der Waals surface area contributed by atoms with Crippen LogP contribution in [0.2, 0.25) is 0 Å². The molecule has 0 bridgehead atoms. The van der Waals surface area contributed by atoms with Crippen molar-refractivity contribution in [3.05, 3.63) is 39.0 Å². The van der Waals surface area contributed by atoms with Crippen LogP contribution in [0.5, 0.6) is 0 Å². The smallest absolute Gasteiger partial charge is 0.295 e. The lowest BCUT2D eigenvalue weighted by Gasteiger charge is -2.28. The minimum absolute atomic E-state index is 0.0284. The molecule has 0 spiro atoms. The molecule has 11 nitrogen and oxygen atoms in total. The fourth-order valence-corrected chi connectivity index (χ4v) is 5.17. The van der Waals surface area contributed by atoms with Crippen LogP contribution < -0.4 is 10.9 Å². The summed E-state index contributed by atoms with van der Waals surface area (Å²) >= 11 is 4.41. The molecule has 0 atom stereocenters. The Morgan fingerprint density at radius 3 is 2.63 bits per heavy atom. The minimum atomic E-state index is -3.72. The highest BCUT2D eigenvalue weighted by molar-refractivity contribution is 9.10. The molecule has 1 saturated heterocycles. The summed E-state index contributed by atoms with van der Waals surface area (Å²) < 4.78 is 48.6. The van der Waals surface area contributed by atoms with Crippen molar-refractivity contribution in [2.24, 2.45) is 5.14 Å². The highest BCUT2D eigenvalue weighted by atomic mass is 79.9. The third kappa shape index (κ3) is 4.20. The topological polar surface area (TPSA) is 150 Å². The number of nitrogens with zero attached hydrogens (tertiary/aromatic N) is 5. The van der Waals surface area contributed by atoms with Crippen LogP contribution in [0.15, 0.2) is 41.6 Å². The van der Waals surface area contributed by atoms with Crippen molar-refractivity contribution in [1.29, 1.82) is 0 Å². The van der Waals surface area contributed by atoms with Crippen molar-refractivity contribution >= 4 is 37.9 Å². The summed E-state index contributed by atoms with van der Waals surface area (Å²) in [6.07, 6.45) is 1.09. The molecule has 1 aromatic carbocycles. The van der Waals surface area contributed by atoms with Gasteiger partial charge in [-0.05, 0) is 57.3 Å². The van der Waals surface area contributed by atoms with E-state index >= 15 is 0 Å². The number of aromatic nitrogens is 4. The highest BCUT2D eigenvalue weighted by Crippen LogP contribution is 2.35. The molecule has 0 aliphatic carbocycles. The van der Waals surface area contributed by atoms with Gasteiger partial charge >= 0.3 is 5.76 Å². The monoisotopic (exact) mass is 520 g/mol. The standard InChI is InChI=1S/C15H14BrFN6O5S2/c16-10-7-8(1-2-11(10)17)23-13(20-27-15(23)24)12-14(21-28-19-12)29-9-3-5-22(6-4-9)30(18,25)26/h1-2,7,9H,3-6H2,(H2,18,25,26). The quantitative estimate of drug-likeness (QED) is 0.527. The largest absolute Gasteiger partial charge is 0.446 e. The molecular weight excluding hydrogens is 507 g/mol. The fraction of sp³-hybridized carbons (Fsp3) is 0.333. The van der Waals surface area contributed by atoms with E-state index in [0.29, 0.717) is 23.6 Å². The zero-order valence-corrected chi connectivity index (χ0v) is 18.3. The van der Waals surface area contributed by atoms with E-state index in [-0.39, 0.29) is 34.3 Å². The number of benzene rings is 1. The van der Waals surface area contributed by atoms with Crippen molar-refractivity contribution in [3.8, 4) is 17.2 Å². The molecule has 1 fully saturated rings.